The topological polar surface area (TPSA) is 327 Å². The molecule has 0 aromatic heterocycles. The predicted octanol–water partition coefficient (Wildman–Crippen LogP) is -2.55. The van der Waals surface area contributed by atoms with Crippen LogP contribution in [0.1, 0.15) is 105 Å². The maximum absolute atomic E-state index is 13.5. The van der Waals surface area contributed by atoms with Crippen LogP contribution in [0.4, 0.5) is 0 Å². The van der Waals surface area contributed by atoms with Gasteiger partial charge >= 0.3 is 0 Å². The van der Waals surface area contributed by atoms with Crippen LogP contribution in [-0.2, 0) is 38.4 Å². The third kappa shape index (κ3) is 20.7. The van der Waals surface area contributed by atoms with Crippen LogP contribution < -0.4 is 49.1 Å². The maximum atomic E-state index is 13.5. The second-order valence-corrected chi connectivity index (χ2v) is 12.9. The van der Waals surface area contributed by atoms with Gasteiger partial charge in [0, 0.05) is 31.2 Å². The van der Waals surface area contributed by atoms with Gasteiger partial charge in [-0.05, 0) is 33.1 Å². The molecule has 0 fully saturated rings. The molecule has 0 aromatic rings. The van der Waals surface area contributed by atoms with Crippen molar-refractivity contribution >= 4 is 47.1 Å². The third-order valence-electron chi connectivity index (χ3n) is 8.10. The van der Waals surface area contributed by atoms with Crippen LogP contribution in [0, 0.1) is 0 Å². The number of rotatable bonds is 28. The van der Waals surface area contributed by atoms with E-state index < -0.39 is 97.7 Å². The molecule has 0 saturated heterocycles. The molecule has 0 bridgehead atoms. The van der Waals surface area contributed by atoms with Crippen molar-refractivity contribution in [2.45, 2.75) is 141 Å². The molecule has 6 atom stereocenters. The summed E-state index contributed by atoms with van der Waals surface area (Å²) in [4.78, 5) is 101. The Hall–Kier alpha value is -4.78. The van der Waals surface area contributed by atoms with Gasteiger partial charge in [0.05, 0.1) is 25.3 Å². The normalized spacial score (nSPS) is 14.6. The number of unbranched alkanes of at least 4 members (excludes halogenated alkanes) is 5. The number of amides is 7. The number of primary amides is 1. The molecule has 14 N–H and O–H groups in total. The maximum Gasteiger partial charge on any atom is 0.245 e. The van der Waals surface area contributed by atoms with Crippen molar-refractivity contribution < 1.29 is 48.6 Å². The number of ketones is 1. The van der Waals surface area contributed by atoms with Gasteiger partial charge < -0.3 is 59.3 Å². The second-order valence-electron chi connectivity index (χ2n) is 12.9. The Kier molecular flexibility index (Phi) is 24.5. The number of carbonyl (C=O) groups is 8. The fourth-order valence-corrected chi connectivity index (χ4v) is 4.91. The first-order valence-electron chi connectivity index (χ1n) is 18.0. The molecular formula is C34H61N9O10. The van der Waals surface area contributed by atoms with Crippen molar-refractivity contribution in [2.24, 2.45) is 17.2 Å². The van der Waals surface area contributed by atoms with Gasteiger partial charge in [-0.1, -0.05) is 52.4 Å². The molecule has 0 aliphatic heterocycles. The van der Waals surface area contributed by atoms with Crippen molar-refractivity contribution in [1.82, 2.24) is 31.9 Å². The van der Waals surface area contributed by atoms with Gasteiger partial charge in [-0.15, -0.1) is 0 Å². The van der Waals surface area contributed by atoms with E-state index in [-0.39, 0.29) is 30.2 Å². The Bertz CT molecular complexity index is 1260. The SMILES string of the molecule is CCCCCCCC(=O)NCC(=O)N[C@@H](CO)C(=O)N[C@H](CCC(N)=O)C(=O)N[C@@H](C/C(N)=C/N)C(=O)N[C@H](C(=O)N[C@@H](CCCC)C(C)=O)C(C)O. The summed E-state index contributed by atoms with van der Waals surface area (Å²) in [5.74, 6) is -6.23. The summed E-state index contributed by atoms with van der Waals surface area (Å²) in [5, 5.41) is 34.4. The summed E-state index contributed by atoms with van der Waals surface area (Å²) in [6.45, 7) is 5.13. The molecule has 0 rings (SSSR count). The lowest BCUT2D eigenvalue weighted by atomic mass is 10.0. The van der Waals surface area contributed by atoms with E-state index in [1.165, 1.54) is 13.8 Å². The summed E-state index contributed by atoms with van der Waals surface area (Å²) in [7, 11) is 0. The molecule has 0 spiro atoms. The smallest absolute Gasteiger partial charge is 0.245 e. The highest BCUT2D eigenvalue weighted by Crippen LogP contribution is 2.08. The van der Waals surface area contributed by atoms with Crippen molar-refractivity contribution in [3.63, 3.8) is 0 Å². The standard InChI is InChI=1S/C34H61N9O10/c1-5-7-9-10-11-13-28(48)38-18-29(49)39-26(19-44)33(52)41-24(14-15-27(37)47)31(50)42-25(16-22(36)17-35)32(51)43-30(21(4)46)34(53)40-23(20(3)45)12-8-6-2/h17,21,23-26,30,44,46H,5-16,18-19,35-36H2,1-4H3,(H2,37,47)(H,38,48)(H,39,49)(H,40,53)(H,41,52)(H,42,50)(H,43,51)/b22-17-/t21?,23-,24+,25-,26-,30-/m0/s1. The number of nitrogens with two attached hydrogens (primary N) is 3. The quantitative estimate of drug-likeness (QED) is 0.0368. The minimum atomic E-state index is -1.58. The van der Waals surface area contributed by atoms with Gasteiger partial charge in [0.25, 0.3) is 0 Å². The lowest BCUT2D eigenvalue weighted by molar-refractivity contribution is -0.136. The van der Waals surface area contributed by atoms with Crippen LogP contribution in [0.2, 0.25) is 0 Å². The number of aliphatic hydroxyl groups excluding tert-OH is 2. The highest BCUT2D eigenvalue weighted by atomic mass is 16.3. The Labute approximate surface area is 310 Å². The summed E-state index contributed by atoms with van der Waals surface area (Å²) in [6, 6.07) is -7.09. The van der Waals surface area contributed by atoms with Gasteiger partial charge in [-0.25, -0.2) is 0 Å². The third-order valence-corrected chi connectivity index (χ3v) is 8.10. The van der Waals surface area contributed by atoms with E-state index in [0.717, 1.165) is 38.3 Å². The molecule has 302 valence electrons. The van der Waals surface area contributed by atoms with Crippen LogP contribution in [-0.4, -0.2) is 107 Å². The zero-order valence-electron chi connectivity index (χ0n) is 31.3. The molecule has 53 heavy (non-hydrogen) atoms. The van der Waals surface area contributed by atoms with Crippen molar-refractivity contribution in [3.05, 3.63) is 11.9 Å². The first-order chi connectivity index (χ1) is 25.0. The number of hydrogen-bond donors (Lipinski definition) is 11. The molecule has 0 heterocycles. The fraction of sp³-hybridized carbons (Fsp3) is 0.706. The minimum Gasteiger partial charge on any atom is -0.403 e. The zero-order valence-corrected chi connectivity index (χ0v) is 31.3. The lowest BCUT2D eigenvalue weighted by Crippen LogP contribution is -2.61. The van der Waals surface area contributed by atoms with E-state index in [4.69, 9.17) is 17.2 Å². The van der Waals surface area contributed by atoms with E-state index in [9.17, 15) is 48.6 Å². The van der Waals surface area contributed by atoms with Crippen LogP contribution in [0.25, 0.3) is 0 Å². The molecule has 19 heteroatoms. The number of Topliss-reactive ketones (excluding diaryl/α,β-unsaturated/α-hetero) is 1. The van der Waals surface area contributed by atoms with Crippen LogP contribution in [0.3, 0.4) is 0 Å². The second kappa shape index (κ2) is 26.9. The van der Waals surface area contributed by atoms with E-state index in [0.29, 0.717) is 19.3 Å². The van der Waals surface area contributed by atoms with E-state index in [2.05, 4.69) is 38.8 Å². The van der Waals surface area contributed by atoms with Crippen LogP contribution in [0.15, 0.2) is 11.9 Å². The van der Waals surface area contributed by atoms with Crippen molar-refractivity contribution in [2.75, 3.05) is 13.2 Å². The monoisotopic (exact) mass is 755 g/mol. The van der Waals surface area contributed by atoms with Crippen LogP contribution in [0.5, 0.6) is 0 Å². The molecule has 0 aliphatic carbocycles. The van der Waals surface area contributed by atoms with E-state index in [1.807, 2.05) is 6.92 Å². The fourth-order valence-electron chi connectivity index (χ4n) is 4.91. The average Bonchev–Trinajstić information content (AvgIpc) is 3.10. The molecule has 19 nitrogen and oxygen atoms in total. The predicted molar refractivity (Wildman–Crippen MR) is 195 cm³/mol. The molecule has 7 amide bonds. The summed E-state index contributed by atoms with van der Waals surface area (Å²) >= 11 is 0. The highest BCUT2D eigenvalue weighted by molar-refractivity contribution is 5.97. The number of aliphatic hydroxyl groups is 2. The summed E-state index contributed by atoms with van der Waals surface area (Å²) in [6.07, 6.45) is 4.91. The Morgan fingerprint density at radius 1 is 0.660 bits per heavy atom. The Morgan fingerprint density at radius 2 is 1.23 bits per heavy atom. The molecule has 0 aromatic carbocycles. The van der Waals surface area contributed by atoms with Gasteiger partial charge in [0.15, 0.2) is 5.78 Å². The number of carbonyl (C=O) groups excluding carboxylic acids is 8. The molecule has 0 aliphatic rings. The molecule has 0 saturated carbocycles. The van der Waals surface area contributed by atoms with Crippen LogP contribution >= 0.6 is 0 Å². The first kappa shape index (κ1) is 48.2. The first-order valence-corrected chi connectivity index (χ1v) is 18.0. The highest BCUT2D eigenvalue weighted by Gasteiger charge is 2.34. The summed E-state index contributed by atoms with van der Waals surface area (Å²) < 4.78 is 0. The van der Waals surface area contributed by atoms with E-state index >= 15 is 0 Å². The molecular weight excluding hydrogens is 694 g/mol. The average molecular weight is 756 g/mol. The zero-order chi connectivity index (χ0) is 40.5. The Balaban J connectivity index is 5.85. The number of nitrogens with one attached hydrogen (secondary N) is 6. The number of hydrogen-bond acceptors (Lipinski definition) is 12. The van der Waals surface area contributed by atoms with Gasteiger partial charge in [0.2, 0.25) is 41.4 Å². The van der Waals surface area contributed by atoms with Gasteiger partial charge in [-0.2, -0.15) is 0 Å². The van der Waals surface area contributed by atoms with Gasteiger partial charge in [-0.3, -0.25) is 38.4 Å². The molecule has 0 radical (unpaired) electrons. The van der Waals surface area contributed by atoms with Crippen molar-refractivity contribution in [1.29, 1.82) is 0 Å². The van der Waals surface area contributed by atoms with Crippen molar-refractivity contribution in [3.8, 4) is 0 Å². The Morgan fingerprint density at radius 3 is 1.77 bits per heavy atom. The van der Waals surface area contributed by atoms with E-state index in [1.54, 1.807) is 0 Å². The lowest BCUT2D eigenvalue weighted by Gasteiger charge is -2.28. The van der Waals surface area contributed by atoms with Gasteiger partial charge in [0.1, 0.15) is 24.2 Å². The molecule has 1 unspecified atom stereocenters. The largest absolute Gasteiger partial charge is 0.403 e. The minimum absolute atomic E-state index is 0.0657. The summed E-state index contributed by atoms with van der Waals surface area (Å²) in [5.41, 5.74) is 16.5.